The lowest BCUT2D eigenvalue weighted by molar-refractivity contribution is 0.205. The zero-order chi connectivity index (χ0) is 14.7. The van der Waals surface area contributed by atoms with Gasteiger partial charge in [0.05, 0.1) is 17.6 Å². The van der Waals surface area contributed by atoms with Crippen molar-refractivity contribution in [1.29, 1.82) is 0 Å². The van der Waals surface area contributed by atoms with Crippen LogP contribution in [0.3, 0.4) is 0 Å². The summed E-state index contributed by atoms with van der Waals surface area (Å²) in [5.41, 5.74) is 2.53. The molecule has 4 nitrogen and oxygen atoms in total. The van der Waals surface area contributed by atoms with Crippen LogP contribution in [0.25, 0.3) is 5.69 Å². The maximum atomic E-state index is 4.54. The normalized spacial score (nSPS) is 18.8. The van der Waals surface area contributed by atoms with Gasteiger partial charge in [0.15, 0.2) is 0 Å². The van der Waals surface area contributed by atoms with Crippen molar-refractivity contribution in [2.75, 3.05) is 0 Å². The van der Waals surface area contributed by atoms with Gasteiger partial charge in [-0.15, -0.1) is 0 Å². The van der Waals surface area contributed by atoms with Crippen molar-refractivity contribution in [2.45, 2.75) is 52.1 Å². The van der Waals surface area contributed by atoms with Crippen molar-refractivity contribution in [1.82, 2.24) is 20.3 Å². The molecule has 3 rings (SSSR count). The highest BCUT2D eigenvalue weighted by atomic mass is 15.5. The monoisotopic (exact) mass is 284 g/mol. The summed E-state index contributed by atoms with van der Waals surface area (Å²) in [7, 11) is 0. The predicted molar refractivity (Wildman–Crippen MR) is 84.2 cm³/mol. The molecule has 2 aromatic rings. The largest absolute Gasteiger partial charge is 0.308 e. The molecule has 1 heterocycles. The molecule has 0 amide bonds. The van der Waals surface area contributed by atoms with Crippen LogP contribution in [0.4, 0.5) is 0 Å². The van der Waals surface area contributed by atoms with Gasteiger partial charge in [-0.1, -0.05) is 32.0 Å². The van der Waals surface area contributed by atoms with Gasteiger partial charge in [0.25, 0.3) is 0 Å². The molecular formula is C17H24N4. The standard InChI is InChI=1S/C17H24N4/c1-17(2)10-8-14(9-11-17)18-12-15-13-19-21(20-15)16-6-4-3-5-7-16/h3-7,13-14,18H,8-12H2,1-2H3. The van der Waals surface area contributed by atoms with Gasteiger partial charge in [-0.3, -0.25) is 0 Å². The first-order chi connectivity index (χ1) is 10.1. The van der Waals surface area contributed by atoms with E-state index in [0.29, 0.717) is 11.5 Å². The van der Waals surface area contributed by atoms with Crippen molar-refractivity contribution in [3.8, 4) is 5.69 Å². The quantitative estimate of drug-likeness (QED) is 0.936. The van der Waals surface area contributed by atoms with Crippen LogP contribution in [-0.2, 0) is 6.54 Å². The molecule has 0 spiro atoms. The minimum absolute atomic E-state index is 0.522. The molecule has 0 unspecified atom stereocenters. The Kier molecular flexibility index (Phi) is 4.06. The van der Waals surface area contributed by atoms with Crippen LogP contribution in [0.2, 0.25) is 0 Å². The highest BCUT2D eigenvalue weighted by molar-refractivity contribution is 5.28. The number of nitrogens with one attached hydrogen (secondary N) is 1. The van der Waals surface area contributed by atoms with Crippen molar-refractivity contribution in [2.24, 2.45) is 5.41 Å². The molecular weight excluding hydrogens is 260 g/mol. The summed E-state index contributed by atoms with van der Waals surface area (Å²) < 4.78 is 0. The van der Waals surface area contributed by atoms with E-state index < -0.39 is 0 Å². The van der Waals surface area contributed by atoms with E-state index in [2.05, 4.69) is 29.4 Å². The van der Waals surface area contributed by atoms with Gasteiger partial charge in [-0.25, -0.2) is 0 Å². The Morgan fingerprint density at radius 1 is 1.19 bits per heavy atom. The lowest BCUT2D eigenvalue weighted by Gasteiger charge is -2.34. The molecule has 4 heteroatoms. The number of nitrogens with zero attached hydrogens (tertiary/aromatic N) is 3. The third-order valence-electron chi connectivity index (χ3n) is 4.44. The van der Waals surface area contributed by atoms with Crippen molar-refractivity contribution >= 4 is 0 Å². The molecule has 0 bridgehead atoms. The van der Waals surface area contributed by atoms with E-state index in [1.165, 1.54) is 25.7 Å². The van der Waals surface area contributed by atoms with Crippen LogP contribution in [0, 0.1) is 5.41 Å². The van der Waals surface area contributed by atoms with Crippen LogP contribution in [0.1, 0.15) is 45.2 Å². The van der Waals surface area contributed by atoms with Gasteiger partial charge in [0, 0.05) is 12.6 Å². The van der Waals surface area contributed by atoms with Gasteiger partial charge in [0.1, 0.15) is 0 Å². The lowest BCUT2D eigenvalue weighted by atomic mass is 9.75. The van der Waals surface area contributed by atoms with Gasteiger partial charge in [0.2, 0.25) is 0 Å². The van der Waals surface area contributed by atoms with E-state index in [4.69, 9.17) is 0 Å². The zero-order valence-corrected chi connectivity index (χ0v) is 12.9. The first-order valence-corrected chi connectivity index (χ1v) is 7.82. The molecule has 0 atom stereocenters. The van der Waals surface area contributed by atoms with Crippen LogP contribution in [0.5, 0.6) is 0 Å². The Morgan fingerprint density at radius 2 is 1.90 bits per heavy atom. The van der Waals surface area contributed by atoms with E-state index in [-0.39, 0.29) is 0 Å². The molecule has 112 valence electrons. The van der Waals surface area contributed by atoms with Crippen LogP contribution in [-0.4, -0.2) is 21.0 Å². The number of hydrogen-bond acceptors (Lipinski definition) is 3. The number of aromatic nitrogens is 3. The number of para-hydroxylation sites is 1. The maximum Gasteiger partial charge on any atom is 0.0969 e. The van der Waals surface area contributed by atoms with Crippen LogP contribution >= 0.6 is 0 Å². The van der Waals surface area contributed by atoms with Crippen molar-refractivity contribution in [3.05, 3.63) is 42.2 Å². The van der Waals surface area contributed by atoms with E-state index >= 15 is 0 Å². The lowest BCUT2D eigenvalue weighted by Crippen LogP contribution is -2.35. The number of hydrogen-bond donors (Lipinski definition) is 1. The fourth-order valence-corrected chi connectivity index (χ4v) is 2.91. The van der Waals surface area contributed by atoms with Gasteiger partial charge in [-0.05, 0) is 43.2 Å². The fraction of sp³-hybridized carbons (Fsp3) is 0.529. The van der Waals surface area contributed by atoms with E-state index in [1.54, 1.807) is 4.80 Å². The Morgan fingerprint density at radius 3 is 2.62 bits per heavy atom. The maximum absolute atomic E-state index is 4.54. The van der Waals surface area contributed by atoms with Crippen LogP contribution in [0.15, 0.2) is 36.5 Å². The van der Waals surface area contributed by atoms with Crippen LogP contribution < -0.4 is 5.32 Å². The van der Waals surface area contributed by atoms with E-state index in [1.807, 2.05) is 36.5 Å². The van der Waals surface area contributed by atoms with Crippen molar-refractivity contribution < 1.29 is 0 Å². The summed E-state index contributed by atoms with van der Waals surface area (Å²) in [5.74, 6) is 0. The molecule has 1 N–H and O–H groups in total. The molecule has 1 aliphatic rings. The highest BCUT2D eigenvalue weighted by Gasteiger charge is 2.26. The Labute approximate surface area is 126 Å². The van der Waals surface area contributed by atoms with Gasteiger partial charge >= 0.3 is 0 Å². The topological polar surface area (TPSA) is 42.7 Å². The summed E-state index contributed by atoms with van der Waals surface area (Å²) in [6, 6.07) is 10.7. The summed E-state index contributed by atoms with van der Waals surface area (Å²) in [4.78, 5) is 1.70. The second-order valence-electron chi connectivity index (χ2n) is 6.78. The first kappa shape index (κ1) is 14.3. The molecule has 0 radical (unpaired) electrons. The minimum Gasteiger partial charge on any atom is -0.308 e. The molecule has 1 fully saturated rings. The van der Waals surface area contributed by atoms with E-state index in [9.17, 15) is 0 Å². The third kappa shape index (κ3) is 3.70. The summed E-state index contributed by atoms with van der Waals surface area (Å²) >= 11 is 0. The minimum atomic E-state index is 0.522. The molecule has 21 heavy (non-hydrogen) atoms. The SMILES string of the molecule is CC1(C)CCC(NCc2cnn(-c3ccccc3)n2)CC1. The van der Waals surface area contributed by atoms with Crippen molar-refractivity contribution in [3.63, 3.8) is 0 Å². The molecule has 1 aromatic carbocycles. The smallest absolute Gasteiger partial charge is 0.0969 e. The molecule has 0 saturated heterocycles. The third-order valence-corrected chi connectivity index (χ3v) is 4.44. The second kappa shape index (κ2) is 5.98. The van der Waals surface area contributed by atoms with E-state index in [0.717, 1.165) is 17.9 Å². The average Bonchev–Trinajstić information content (AvgIpc) is 2.96. The Balaban J connectivity index is 1.54. The van der Waals surface area contributed by atoms with Gasteiger partial charge in [-0.2, -0.15) is 15.0 Å². The predicted octanol–water partition coefficient (Wildman–Crippen LogP) is 3.33. The number of benzene rings is 1. The summed E-state index contributed by atoms with van der Waals surface area (Å²) in [5, 5.41) is 12.5. The number of rotatable bonds is 4. The highest BCUT2D eigenvalue weighted by Crippen LogP contribution is 2.34. The Bertz CT molecular complexity index is 563. The average molecular weight is 284 g/mol. The molecule has 1 aliphatic carbocycles. The van der Waals surface area contributed by atoms with Gasteiger partial charge < -0.3 is 5.32 Å². The zero-order valence-electron chi connectivity index (χ0n) is 12.9. The molecule has 1 saturated carbocycles. The first-order valence-electron chi connectivity index (χ1n) is 7.82. The summed E-state index contributed by atoms with van der Waals surface area (Å²) in [6.45, 7) is 5.54. The Hall–Kier alpha value is -1.68. The molecule has 1 aromatic heterocycles. The summed E-state index contributed by atoms with van der Waals surface area (Å²) in [6.07, 6.45) is 7.00. The fourth-order valence-electron chi connectivity index (χ4n) is 2.91. The molecule has 0 aliphatic heterocycles. The second-order valence-corrected chi connectivity index (χ2v) is 6.78.